The number of rotatable bonds is 11. The lowest BCUT2D eigenvalue weighted by Gasteiger charge is -2.37. The summed E-state index contributed by atoms with van der Waals surface area (Å²) in [6, 6.07) is 23.6. The van der Waals surface area contributed by atoms with E-state index in [1.165, 1.54) is 21.4 Å². The molecule has 1 aliphatic rings. The largest absolute Gasteiger partial charge is 0.361 e. The Morgan fingerprint density at radius 1 is 1.00 bits per heavy atom. The molecule has 0 bridgehead atoms. The third-order valence-corrected chi connectivity index (χ3v) is 8.71. The molecule has 3 aromatic heterocycles. The molecule has 1 aliphatic heterocycles. The second kappa shape index (κ2) is 12.0. The number of carbonyl (C=O) groups excluding carboxylic acids is 1. The van der Waals surface area contributed by atoms with Gasteiger partial charge in [-0.05, 0) is 54.3 Å². The average Bonchev–Trinajstić information content (AvgIpc) is 3.73. The number of likely N-dealkylation sites (tertiary alicyclic amines) is 1. The Morgan fingerprint density at radius 2 is 1.82 bits per heavy atom. The van der Waals surface area contributed by atoms with E-state index in [0.29, 0.717) is 0 Å². The van der Waals surface area contributed by atoms with Crippen LogP contribution in [0.2, 0.25) is 0 Å². The lowest BCUT2D eigenvalue weighted by Crippen LogP contribution is -2.44. The van der Waals surface area contributed by atoms with Gasteiger partial charge in [0.2, 0.25) is 0 Å². The minimum Gasteiger partial charge on any atom is -0.361 e. The number of aromatic nitrogens is 4. The molecule has 1 amide bonds. The van der Waals surface area contributed by atoms with Gasteiger partial charge in [0, 0.05) is 47.5 Å². The second-order valence-corrected chi connectivity index (χ2v) is 11.3. The fourth-order valence-corrected chi connectivity index (χ4v) is 6.44. The molecule has 199 valence electrons. The standard InChI is InChI=1S/C31H33N6OS/c38-22-33-25-14-16-36(17-15-25)29(19-24-20-32-28-11-5-4-10-27(24)28)31-35-34-30(13-12-23-7-2-1-3-8-23)37(31)21-26-9-6-18-39-26/h1-11,18,20,25,29,32H,12-17,19,21H2,(H,33,38)/t29-/m1/s1. The highest BCUT2D eigenvalue weighted by Crippen LogP contribution is 2.31. The lowest BCUT2D eigenvalue weighted by molar-refractivity contribution is 0.139. The van der Waals surface area contributed by atoms with Gasteiger partial charge in [0.05, 0.1) is 12.6 Å². The maximum atomic E-state index is 10.9. The molecule has 7 nitrogen and oxygen atoms in total. The number of H-pyrrole nitrogens is 1. The van der Waals surface area contributed by atoms with E-state index in [0.717, 1.165) is 68.9 Å². The van der Waals surface area contributed by atoms with E-state index in [4.69, 9.17) is 10.2 Å². The van der Waals surface area contributed by atoms with Gasteiger partial charge in [0.15, 0.2) is 5.82 Å². The van der Waals surface area contributed by atoms with Crippen molar-refractivity contribution >= 4 is 28.6 Å². The van der Waals surface area contributed by atoms with Crippen molar-refractivity contribution in [3.63, 3.8) is 0 Å². The number of hydrogen-bond donors (Lipinski definition) is 2. The molecule has 2 N–H and O–H groups in total. The fourth-order valence-electron chi connectivity index (χ4n) is 5.74. The average molecular weight is 538 g/mol. The van der Waals surface area contributed by atoms with Gasteiger partial charge in [-0.25, -0.2) is 0 Å². The summed E-state index contributed by atoms with van der Waals surface area (Å²) in [7, 11) is 0. The molecule has 1 atom stereocenters. The Balaban J connectivity index is 1.35. The van der Waals surface area contributed by atoms with Crippen LogP contribution in [0.15, 0.2) is 78.3 Å². The highest BCUT2D eigenvalue weighted by atomic mass is 32.1. The van der Waals surface area contributed by atoms with Crippen molar-refractivity contribution in [2.45, 2.75) is 50.7 Å². The first-order chi connectivity index (χ1) is 19.3. The summed E-state index contributed by atoms with van der Waals surface area (Å²) in [5.74, 6) is 2.04. The van der Waals surface area contributed by atoms with Gasteiger partial charge in [0.25, 0.3) is 0 Å². The monoisotopic (exact) mass is 537 g/mol. The molecular formula is C31H33N6OS. The summed E-state index contributed by atoms with van der Waals surface area (Å²) in [6.07, 6.45) is 8.43. The van der Waals surface area contributed by atoms with Crippen LogP contribution >= 0.6 is 11.3 Å². The molecule has 0 saturated carbocycles. The van der Waals surface area contributed by atoms with Crippen molar-refractivity contribution in [3.8, 4) is 0 Å². The van der Waals surface area contributed by atoms with Crippen molar-refractivity contribution in [1.82, 2.24) is 30.0 Å². The van der Waals surface area contributed by atoms with Gasteiger partial charge in [-0.1, -0.05) is 54.6 Å². The second-order valence-electron chi connectivity index (χ2n) is 10.3. The molecular weight excluding hydrogens is 504 g/mol. The van der Waals surface area contributed by atoms with Crippen LogP contribution in [0.5, 0.6) is 0 Å². The smallest absolute Gasteiger partial charge is 0.309 e. The number of para-hydroxylation sites is 1. The van der Waals surface area contributed by atoms with Gasteiger partial charge < -0.3 is 14.9 Å². The number of nitrogens with one attached hydrogen (secondary N) is 2. The minimum absolute atomic E-state index is 0.0725. The first-order valence-corrected chi connectivity index (χ1v) is 14.6. The summed E-state index contributed by atoms with van der Waals surface area (Å²) in [6.45, 7) is 2.54. The molecule has 6 rings (SSSR count). The zero-order valence-corrected chi connectivity index (χ0v) is 22.7. The summed E-state index contributed by atoms with van der Waals surface area (Å²) in [4.78, 5) is 18.2. The van der Waals surface area contributed by atoms with Crippen LogP contribution in [-0.2, 0) is 30.6 Å². The van der Waals surface area contributed by atoms with Crippen LogP contribution in [0.1, 0.15) is 46.5 Å². The molecule has 39 heavy (non-hydrogen) atoms. The highest BCUT2D eigenvalue weighted by molar-refractivity contribution is 7.09. The number of piperidine rings is 1. The fraction of sp³-hybridized carbons (Fsp3) is 0.323. The van der Waals surface area contributed by atoms with Crippen LogP contribution in [0.3, 0.4) is 0 Å². The molecule has 1 saturated heterocycles. The third kappa shape index (κ3) is 5.82. The molecule has 1 fully saturated rings. The molecule has 0 aliphatic carbocycles. The van der Waals surface area contributed by atoms with E-state index >= 15 is 0 Å². The van der Waals surface area contributed by atoms with Gasteiger partial charge in [0.1, 0.15) is 5.82 Å². The van der Waals surface area contributed by atoms with E-state index < -0.39 is 0 Å². The first-order valence-electron chi connectivity index (χ1n) is 13.7. The highest BCUT2D eigenvalue weighted by Gasteiger charge is 2.31. The predicted molar refractivity (Wildman–Crippen MR) is 155 cm³/mol. The van der Waals surface area contributed by atoms with Crippen molar-refractivity contribution in [2.24, 2.45) is 0 Å². The zero-order valence-electron chi connectivity index (χ0n) is 21.9. The molecule has 8 heteroatoms. The number of amides is 1. The topological polar surface area (TPSA) is 78.8 Å². The van der Waals surface area contributed by atoms with Crippen molar-refractivity contribution < 1.29 is 4.79 Å². The van der Waals surface area contributed by atoms with Gasteiger partial charge in [-0.15, -0.1) is 21.5 Å². The van der Waals surface area contributed by atoms with E-state index in [9.17, 15) is 4.79 Å². The predicted octanol–water partition coefficient (Wildman–Crippen LogP) is 5.06. The quantitative estimate of drug-likeness (QED) is 0.231. The van der Waals surface area contributed by atoms with Crippen LogP contribution < -0.4 is 5.32 Å². The Hall–Kier alpha value is -3.75. The Bertz CT molecular complexity index is 1480. The summed E-state index contributed by atoms with van der Waals surface area (Å²) in [5.41, 5.74) is 3.74. The Kier molecular flexibility index (Phi) is 7.83. The molecule has 2 aromatic carbocycles. The Labute approximate surface area is 232 Å². The normalized spacial score (nSPS) is 15.5. The van der Waals surface area contributed by atoms with Gasteiger partial charge in [-0.2, -0.15) is 0 Å². The van der Waals surface area contributed by atoms with Crippen LogP contribution in [-0.4, -0.2) is 50.2 Å². The number of hydrogen-bond acceptors (Lipinski definition) is 5. The maximum absolute atomic E-state index is 10.9. The Morgan fingerprint density at radius 3 is 2.62 bits per heavy atom. The minimum atomic E-state index is 0.0725. The summed E-state index contributed by atoms with van der Waals surface area (Å²) in [5, 5.41) is 15.9. The number of thiophene rings is 1. The number of fused-ring (bicyclic) bond motifs is 1. The van der Waals surface area contributed by atoms with Gasteiger partial charge >= 0.3 is 6.41 Å². The SMILES string of the molecule is O=[C]NC1CCN([C@H](Cc2c[nH]c3ccccc23)c2nnc(CCc3ccccc3)n2Cc2cccs2)CC1. The summed E-state index contributed by atoms with van der Waals surface area (Å²) < 4.78 is 2.36. The lowest BCUT2D eigenvalue weighted by atomic mass is 9.98. The van der Waals surface area contributed by atoms with Crippen LogP contribution in [0.4, 0.5) is 0 Å². The molecule has 0 unspecified atom stereocenters. The molecule has 5 aromatic rings. The number of aromatic amines is 1. The summed E-state index contributed by atoms with van der Waals surface area (Å²) >= 11 is 1.77. The molecule has 1 radical (unpaired) electrons. The van der Waals surface area contributed by atoms with Crippen LogP contribution in [0, 0.1) is 0 Å². The van der Waals surface area contributed by atoms with E-state index in [2.05, 4.69) is 98.1 Å². The van der Waals surface area contributed by atoms with Gasteiger partial charge in [-0.3, -0.25) is 9.69 Å². The molecule has 0 spiro atoms. The van der Waals surface area contributed by atoms with E-state index in [1.54, 1.807) is 11.3 Å². The van der Waals surface area contributed by atoms with E-state index in [-0.39, 0.29) is 12.1 Å². The number of nitrogens with zero attached hydrogens (tertiary/aromatic N) is 4. The number of aryl methyl sites for hydroxylation is 2. The van der Waals surface area contributed by atoms with E-state index in [1.807, 2.05) is 6.41 Å². The molecule has 4 heterocycles. The maximum Gasteiger partial charge on any atom is 0.309 e. The first kappa shape index (κ1) is 25.5. The van der Waals surface area contributed by atoms with Crippen LogP contribution in [0.25, 0.3) is 10.9 Å². The third-order valence-electron chi connectivity index (χ3n) is 7.85. The number of benzene rings is 2. The van der Waals surface area contributed by atoms with Crippen molar-refractivity contribution in [1.29, 1.82) is 0 Å². The van der Waals surface area contributed by atoms with Crippen molar-refractivity contribution in [3.05, 3.63) is 106 Å². The van der Waals surface area contributed by atoms with Crippen molar-refractivity contribution in [2.75, 3.05) is 13.1 Å². The zero-order chi connectivity index (χ0) is 26.4.